The van der Waals surface area contributed by atoms with Gasteiger partial charge >= 0.3 is 0 Å². The average Bonchev–Trinajstić information content (AvgIpc) is 1.76. The molecule has 0 atom stereocenters. The van der Waals surface area contributed by atoms with Crippen molar-refractivity contribution in [3.63, 3.8) is 0 Å². The van der Waals surface area contributed by atoms with Gasteiger partial charge in [-0.05, 0) is 18.3 Å². The number of hydrogen-bond donors (Lipinski definition) is 1. The van der Waals surface area contributed by atoms with Gasteiger partial charge in [0.1, 0.15) is 0 Å². The van der Waals surface area contributed by atoms with Gasteiger partial charge in [-0.15, -0.1) is 0 Å². The summed E-state index contributed by atoms with van der Waals surface area (Å²) in [6.45, 7) is 6.02. The Bertz CT molecular complexity index is 341. The van der Waals surface area contributed by atoms with Crippen molar-refractivity contribution in [2.24, 2.45) is 10.8 Å². The molecule has 0 aromatic carbocycles. The van der Waals surface area contributed by atoms with Crippen LogP contribution in [0.15, 0.2) is 0 Å². The summed E-state index contributed by atoms with van der Waals surface area (Å²) < 4.78 is 22.1. The first-order valence-corrected chi connectivity index (χ1v) is 6.83. The molecule has 14 heavy (non-hydrogen) atoms. The van der Waals surface area contributed by atoms with Gasteiger partial charge in [0, 0.05) is 5.41 Å². The van der Waals surface area contributed by atoms with E-state index >= 15 is 0 Å². The van der Waals surface area contributed by atoms with Gasteiger partial charge in [-0.3, -0.25) is 0 Å². The lowest BCUT2D eigenvalue weighted by Crippen LogP contribution is -2.67. The lowest BCUT2D eigenvalue weighted by molar-refractivity contribution is -0.179. The second kappa shape index (κ2) is 2.35. The standard InChI is InChI=1S/C10H18O3S/c1-8(2,3)10(11)4-9(5-10)6-14(12,13)7-9/h11H,4-7H2,1-3H3. The fourth-order valence-corrected chi connectivity index (χ4v) is 5.00. The van der Waals surface area contributed by atoms with E-state index < -0.39 is 15.4 Å². The lowest BCUT2D eigenvalue weighted by Gasteiger charge is -2.62. The lowest BCUT2D eigenvalue weighted by atomic mass is 9.52. The second-order valence-corrected chi connectivity index (χ2v) is 8.23. The largest absolute Gasteiger partial charge is 0.389 e. The minimum Gasteiger partial charge on any atom is -0.389 e. The minimum atomic E-state index is -2.76. The van der Waals surface area contributed by atoms with E-state index in [4.69, 9.17) is 0 Å². The molecule has 2 rings (SSSR count). The van der Waals surface area contributed by atoms with Crippen LogP contribution in [0.3, 0.4) is 0 Å². The van der Waals surface area contributed by atoms with E-state index in [9.17, 15) is 13.5 Å². The van der Waals surface area contributed by atoms with Gasteiger partial charge in [0.05, 0.1) is 17.1 Å². The number of rotatable bonds is 0. The van der Waals surface area contributed by atoms with Crippen molar-refractivity contribution in [1.82, 2.24) is 0 Å². The molecule has 1 saturated heterocycles. The molecule has 0 bridgehead atoms. The Kier molecular flexibility index (Phi) is 1.75. The van der Waals surface area contributed by atoms with Gasteiger partial charge in [-0.1, -0.05) is 20.8 Å². The van der Waals surface area contributed by atoms with Crippen LogP contribution in [0.2, 0.25) is 0 Å². The van der Waals surface area contributed by atoms with Gasteiger partial charge in [0.15, 0.2) is 9.84 Å². The van der Waals surface area contributed by atoms with Crippen LogP contribution in [0.25, 0.3) is 0 Å². The van der Waals surface area contributed by atoms with Crippen LogP contribution >= 0.6 is 0 Å². The molecule has 2 aliphatic rings. The molecule has 0 amide bonds. The van der Waals surface area contributed by atoms with E-state index in [1.165, 1.54) is 0 Å². The van der Waals surface area contributed by atoms with E-state index in [0.717, 1.165) is 0 Å². The van der Waals surface area contributed by atoms with E-state index in [2.05, 4.69) is 0 Å². The number of sulfone groups is 1. The molecule has 0 aromatic rings. The molecule has 1 aliphatic heterocycles. The maximum atomic E-state index is 11.1. The zero-order valence-electron chi connectivity index (χ0n) is 9.00. The first-order chi connectivity index (χ1) is 6.08. The summed E-state index contributed by atoms with van der Waals surface area (Å²) in [4.78, 5) is 0. The molecule has 3 nitrogen and oxygen atoms in total. The van der Waals surface area contributed by atoms with Crippen LogP contribution in [0.1, 0.15) is 33.6 Å². The summed E-state index contributed by atoms with van der Waals surface area (Å²) in [7, 11) is -2.76. The average molecular weight is 218 g/mol. The highest BCUT2D eigenvalue weighted by molar-refractivity contribution is 7.92. The Hall–Kier alpha value is -0.0900. The fourth-order valence-electron chi connectivity index (χ4n) is 2.81. The van der Waals surface area contributed by atoms with E-state index in [1.54, 1.807) is 0 Å². The Morgan fingerprint density at radius 3 is 1.86 bits per heavy atom. The van der Waals surface area contributed by atoms with Crippen LogP contribution in [-0.2, 0) is 9.84 Å². The highest BCUT2D eigenvalue weighted by Crippen LogP contribution is 2.60. The molecule has 2 fully saturated rings. The first-order valence-electron chi connectivity index (χ1n) is 5.01. The molecule has 1 N–H and O–H groups in total. The molecular weight excluding hydrogens is 200 g/mol. The van der Waals surface area contributed by atoms with Crippen molar-refractivity contribution in [3.8, 4) is 0 Å². The molecule has 1 heterocycles. The SMILES string of the molecule is CC(C)(C)C1(O)CC2(C1)CS(=O)(=O)C2. The Labute approximate surface area is 85.4 Å². The van der Waals surface area contributed by atoms with Crippen LogP contribution in [0.5, 0.6) is 0 Å². The maximum absolute atomic E-state index is 11.1. The van der Waals surface area contributed by atoms with Crippen LogP contribution in [0.4, 0.5) is 0 Å². The van der Waals surface area contributed by atoms with Crippen molar-refractivity contribution in [2.75, 3.05) is 11.5 Å². The van der Waals surface area contributed by atoms with Crippen molar-refractivity contribution in [1.29, 1.82) is 0 Å². The molecule has 82 valence electrons. The topological polar surface area (TPSA) is 54.4 Å². The predicted octanol–water partition coefficient (Wildman–Crippen LogP) is 0.972. The quantitative estimate of drug-likeness (QED) is 0.659. The number of aliphatic hydroxyl groups is 1. The highest BCUT2D eigenvalue weighted by atomic mass is 32.2. The van der Waals surface area contributed by atoms with Gasteiger partial charge in [-0.2, -0.15) is 0 Å². The van der Waals surface area contributed by atoms with E-state index in [-0.39, 0.29) is 10.8 Å². The van der Waals surface area contributed by atoms with Crippen LogP contribution in [-0.4, -0.2) is 30.6 Å². The summed E-state index contributed by atoms with van der Waals surface area (Å²) in [6, 6.07) is 0. The van der Waals surface area contributed by atoms with Crippen LogP contribution in [0, 0.1) is 10.8 Å². The molecule has 0 unspecified atom stereocenters. The third kappa shape index (κ3) is 1.31. The highest BCUT2D eigenvalue weighted by Gasteiger charge is 2.65. The fraction of sp³-hybridized carbons (Fsp3) is 1.00. The smallest absolute Gasteiger partial charge is 0.151 e. The molecule has 0 radical (unpaired) electrons. The van der Waals surface area contributed by atoms with Crippen molar-refractivity contribution < 1.29 is 13.5 Å². The molecule has 1 aliphatic carbocycles. The van der Waals surface area contributed by atoms with Crippen molar-refractivity contribution in [2.45, 2.75) is 39.2 Å². The zero-order valence-corrected chi connectivity index (χ0v) is 9.82. The minimum absolute atomic E-state index is 0.0686. The Morgan fingerprint density at radius 1 is 1.14 bits per heavy atom. The van der Waals surface area contributed by atoms with Crippen LogP contribution < -0.4 is 0 Å². The predicted molar refractivity (Wildman–Crippen MR) is 54.7 cm³/mol. The molecule has 1 saturated carbocycles. The maximum Gasteiger partial charge on any atom is 0.151 e. The normalized spacial score (nSPS) is 32.0. The third-order valence-corrected chi connectivity index (χ3v) is 5.89. The van der Waals surface area contributed by atoms with Gasteiger partial charge < -0.3 is 5.11 Å². The zero-order chi connectivity index (χ0) is 10.8. The van der Waals surface area contributed by atoms with Crippen molar-refractivity contribution >= 4 is 9.84 Å². The second-order valence-electron chi connectivity index (χ2n) is 6.17. The number of hydrogen-bond acceptors (Lipinski definition) is 3. The Morgan fingerprint density at radius 2 is 1.57 bits per heavy atom. The van der Waals surface area contributed by atoms with E-state index in [1.807, 2.05) is 20.8 Å². The third-order valence-electron chi connectivity index (χ3n) is 3.78. The molecule has 4 heteroatoms. The van der Waals surface area contributed by atoms with Gasteiger partial charge in [-0.25, -0.2) is 8.42 Å². The summed E-state index contributed by atoms with van der Waals surface area (Å²) in [6.07, 6.45) is 1.31. The summed E-state index contributed by atoms with van der Waals surface area (Å²) in [5.74, 6) is 0.580. The van der Waals surface area contributed by atoms with Crippen molar-refractivity contribution in [3.05, 3.63) is 0 Å². The monoisotopic (exact) mass is 218 g/mol. The molecular formula is C10H18O3S. The first kappa shape index (κ1) is 10.4. The summed E-state index contributed by atoms with van der Waals surface area (Å²) in [5.41, 5.74) is -0.860. The Balaban J connectivity index is 2.05. The summed E-state index contributed by atoms with van der Waals surface area (Å²) in [5, 5.41) is 10.2. The van der Waals surface area contributed by atoms with Gasteiger partial charge in [0.25, 0.3) is 0 Å². The van der Waals surface area contributed by atoms with Gasteiger partial charge in [0.2, 0.25) is 0 Å². The van der Waals surface area contributed by atoms with E-state index in [0.29, 0.717) is 24.3 Å². The summed E-state index contributed by atoms with van der Waals surface area (Å²) >= 11 is 0. The molecule has 1 spiro atoms. The molecule has 0 aromatic heterocycles.